The third kappa shape index (κ3) is 4.05. The van der Waals surface area contributed by atoms with E-state index in [-0.39, 0.29) is 22.6 Å². The minimum atomic E-state index is -3.69. The highest BCUT2D eigenvalue weighted by atomic mass is 32.2. The van der Waals surface area contributed by atoms with E-state index < -0.39 is 10.0 Å². The number of hydrogen-bond donors (Lipinski definition) is 2. The van der Waals surface area contributed by atoms with E-state index in [4.69, 9.17) is 4.74 Å². The average Bonchev–Trinajstić information content (AvgIpc) is 2.61. The molecule has 1 fully saturated rings. The fraction of sp³-hybridized carbons (Fsp3) is 0.412. The van der Waals surface area contributed by atoms with Crippen molar-refractivity contribution in [2.24, 2.45) is 0 Å². The van der Waals surface area contributed by atoms with Crippen molar-refractivity contribution < 1.29 is 17.9 Å². The Bertz CT molecular complexity index is 962. The van der Waals surface area contributed by atoms with Crippen LogP contribution in [-0.4, -0.2) is 50.1 Å². The Balaban J connectivity index is 1.69. The number of H-pyrrole nitrogens is 1. The zero-order chi connectivity index (χ0) is 18.7. The first-order valence-electron chi connectivity index (χ1n) is 8.46. The van der Waals surface area contributed by atoms with Gasteiger partial charge in [0, 0.05) is 30.7 Å². The van der Waals surface area contributed by atoms with Crippen molar-refractivity contribution in [2.75, 3.05) is 19.7 Å². The van der Waals surface area contributed by atoms with E-state index in [2.05, 4.69) is 9.71 Å². The lowest BCUT2D eigenvalue weighted by Crippen LogP contribution is -2.46. The topological polar surface area (TPSA) is 109 Å². The number of fused-ring (bicyclic) bond motifs is 1. The molecule has 0 saturated carbocycles. The van der Waals surface area contributed by atoms with E-state index in [9.17, 15) is 18.0 Å². The molecule has 3 rings (SSSR count). The van der Waals surface area contributed by atoms with Crippen molar-refractivity contribution >= 4 is 27.0 Å². The van der Waals surface area contributed by atoms with Crippen molar-refractivity contribution in [3.8, 4) is 0 Å². The van der Waals surface area contributed by atoms with Gasteiger partial charge in [-0.2, -0.15) is 0 Å². The lowest BCUT2D eigenvalue weighted by molar-refractivity contribution is 0.0966. The molecular weight excluding hydrogens is 358 g/mol. The van der Waals surface area contributed by atoms with Crippen molar-refractivity contribution in [3.05, 3.63) is 40.7 Å². The molecule has 26 heavy (non-hydrogen) atoms. The molecule has 9 heteroatoms. The van der Waals surface area contributed by atoms with Gasteiger partial charge in [0.1, 0.15) is 0 Å². The van der Waals surface area contributed by atoms with Gasteiger partial charge in [0.2, 0.25) is 15.6 Å². The quantitative estimate of drug-likeness (QED) is 0.835. The number of piperidine rings is 1. The molecule has 1 aromatic heterocycles. The van der Waals surface area contributed by atoms with Crippen LogP contribution in [0.2, 0.25) is 0 Å². The van der Waals surface area contributed by atoms with E-state index in [0.717, 1.165) is 0 Å². The maximum atomic E-state index is 12.6. The largest absolute Gasteiger partial charge is 0.450 e. The average molecular weight is 379 g/mol. The number of ether oxygens (including phenoxy) is 1. The molecule has 2 N–H and O–H groups in total. The molecule has 2 aromatic rings. The minimum Gasteiger partial charge on any atom is -0.450 e. The van der Waals surface area contributed by atoms with Crippen LogP contribution in [0, 0.1) is 0 Å². The molecule has 1 saturated heterocycles. The van der Waals surface area contributed by atoms with Gasteiger partial charge in [-0.3, -0.25) is 4.79 Å². The van der Waals surface area contributed by atoms with Gasteiger partial charge in [0.25, 0.3) is 0 Å². The fourth-order valence-electron chi connectivity index (χ4n) is 2.98. The van der Waals surface area contributed by atoms with Crippen molar-refractivity contribution in [1.82, 2.24) is 14.6 Å². The summed E-state index contributed by atoms with van der Waals surface area (Å²) in [7, 11) is -3.69. The van der Waals surface area contributed by atoms with Crippen LogP contribution in [0.15, 0.2) is 40.0 Å². The smallest absolute Gasteiger partial charge is 0.409 e. The van der Waals surface area contributed by atoms with Gasteiger partial charge in [0.15, 0.2) is 0 Å². The number of benzene rings is 1. The lowest BCUT2D eigenvalue weighted by Gasteiger charge is -2.31. The van der Waals surface area contributed by atoms with Crippen LogP contribution in [0.1, 0.15) is 19.8 Å². The van der Waals surface area contributed by atoms with Crippen LogP contribution in [0.3, 0.4) is 0 Å². The first-order chi connectivity index (χ1) is 12.4. The number of carbonyl (C=O) groups is 1. The van der Waals surface area contributed by atoms with Gasteiger partial charge < -0.3 is 14.6 Å². The predicted octanol–water partition coefficient (Wildman–Crippen LogP) is 1.43. The molecule has 0 aliphatic carbocycles. The summed E-state index contributed by atoms with van der Waals surface area (Å²) in [6.07, 6.45) is 0.690. The highest BCUT2D eigenvalue weighted by molar-refractivity contribution is 7.89. The molecule has 1 aromatic carbocycles. The van der Waals surface area contributed by atoms with E-state index in [0.29, 0.717) is 43.4 Å². The maximum absolute atomic E-state index is 12.6. The molecule has 1 aliphatic rings. The molecule has 0 spiro atoms. The van der Waals surface area contributed by atoms with Gasteiger partial charge in [-0.25, -0.2) is 17.9 Å². The summed E-state index contributed by atoms with van der Waals surface area (Å²) in [6, 6.07) is 7.28. The minimum absolute atomic E-state index is 0.143. The SMILES string of the molecule is CCOC(=O)N1CCC(NS(=O)(=O)c2ccc3[nH]c(=O)ccc3c2)CC1. The van der Waals surface area contributed by atoms with Gasteiger partial charge in [0.05, 0.1) is 11.5 Å². The zero-order valence-electron chi connectivity index (χ0n) is 14.4. The number of sulfonamides is 1. The molecule has 0 radical (unpaired) electrons. The number of aromatic nitrogens is 1. The van der Waals surface area contributed by atoms with Gasteiger partial charge in [-0.1, -0.05) is 0 Å². The summed E-state index contributed by atoms with van der Waals surface area (Å²) in [5, 5.41) is 0.643. The molecule has 0 bridgehead atoms. The second kappa shape index (κ2) is 7.46. The Morgan fingerprint density at radius 2 is 2.00 bits per heavy atom. The Labute approximate surface area is 151 Å². The van der Waals surface area contributed by atoms with E-state index >= 15 is 0 Å². The van der Waals surface area contributed by atoms with E-state index in [1.54, 1.807) is 24.0 Å². The second-order valence-electron chi connectivity index (χ2n) is 6.15. The standard InChI is InChI=1S/C17H21N3O5S/c1-2-25-17(22)20-9-7-13(8-10-20)19-26(23,24)14-4-5-15-12(11-14)3-6-16(21)18-15/h3-6,11,13,19H,2,7-10H2,1H3,(H,18,21). The van der Waals surface area contributed by atoms with Crippen LogP contribution in [0.25, 0.3) is 10.9 Å². The first-order valence-corrected chi connectivity index (χ1v) is 9.94. The van der Waals surface area contributed by atoms with Crippen LogP contribution in [0.5, 0.6) is 0 Å². The number of amides is 1. The predicted molar refractivity (Wildman–Crippen MR) is 96.5 cm³/mol. The number of nitrogens with one attached hydrogen (secondary N) is 2. The number of hydrogen-bond acceptors (Lipinski definition) is 5. The normalized spacial score (nSPS) is 16.0. The molecule has 1 aliphatic heterocycles. The molecule has 8 nitrogen and oxygen atoms in total. The molecule has 0 atom stereocenters. The monoisotopic (exact) mass is 379 g/mol. The Kier molecular flexibility index (Phi) is 5.28. The molecule has 2 heterocycles. The van der Waals surface area contributed by atoms with Crippen LogP contribution in [0.4, 0.5) is 4.79 Å². The van der Waals surface area contributed by atoms with Gasteiger partial charge in [-0.05, 0) is 49.4 Å². The van der Waals surface area contributed by atoms with E-state index in [1.807, 2.05) is 0 Å². The van der Waals surface area contributed by atoms with Crippen molar-refractivity contribution in [2.45, 2.75) is 30.7 Å². The Morgan fingerprint density at radius 1 is 1.27 bits per heavy atom. The summed E-state index contributed by atoms with van der Waals surface area (Å²) in [5.74, 6) is 0. The first kappa shape index (κ1) is 18.4. The zero-order valence-corrected chi connectivity index (χ0v) is 15.2. The third-order valence-corrected chi connectivity index (χ3v) is 5.87. The number of likely N-dealkylation sites (tertiary alicyclic amines) is 1. The van der Waals surface area contributed by atoms with Crippen LogP contribution < -0.4 is 10.3 Å². The lowest BCUT2D eigenvalue weighted by atomic mass is 10.1. The van der Waals surface area contributed by atoms with Crippen LogP contribution in [-0.2, 0) is 14.8 Å². The Hall–Kier alpha value is -2.39. The van der Waals surface area contributed by atoms with Crippen LogP contribution >= 0.6 is 0 Å². The van der Waals surface area contributed by atoms with E-state index in [1.165, 1.54) is 18.2 Å². The van der Waals surface area contributed by atoms with Crippen molar-refractivity contribution in [1.29, 1.82) is 0 Å². The summed E-state index contributed by atoms with van der Waals surface area (Å²) in [6.45, 7) is 2.96. The highest BCUT2D eigenvalue weighted by Crippen LogP contribution is 2.19. The number of carbonyl (C=O) groups excluding carboxylic acids is 1. The number of pyridine rings is 1. The summed E-state index contributed by atoms with van der Waals surface area (Å²) in [5.41, 5.74) is 0.346. The molecular formula is C17H21N3O5S. The number of aromatic amines is 1. The van der Waals surface area contributed by atoms with Gasteiger partial charge in [-0.15, -0.1) is 0 Å². The Morgan fingerprint density at radius 3 is 2.69 bits per heavy atom. The maximum Gasteiger partial charge on any atom is 0.409 e. The molecule has 1 amide bonds. The second-order valence-corrected chi connectivity index (χ2v) is 7.87. The fourth-order valence-corrected chi connectivity index (χ4v) is 4.32. The van der Waals surface area contributed by atoms with Crippen molar-refractivity contribution in [3.63, 3.8) is 0 Å². The number of rotatable bonds is 4. The molecule has 0 unspecified atom stereocenters. The van der Waals surface area contributed by atoms with Gasteiger partial charge >= 0.3 is 6.09 Å². The number of nitrogens with zero attached hydrogens (tertiary/aromatic N) is 1. The summed E-state index contributed by atoms with van der Waals surface area (Å²) < 4.78 is 32.9. The molecule has 140 valence electrons. The summed E-state index contributed by atoms with van der Waals surface area (Å²) in [4.78, 5) is 27.4. The third-order valence-electron chi connectivity index (χ3n) is 4.35. The highest BCUT2D eigenvalue weighted by Gasteiger charge is 2.27. The summed E-state index contributed by atoms with van der Waals surface area (Å²) >= 11 is 0.